The van der Waals surface area contributed by atoms with Gasteiger partial charge in [-0.05, 0) is 12.0 Å². The highest BCUT2D eigenvalue weighted by Crippen LogP contribution is 2.24. The van der Waals surface area contributed by atoms with Crippen molar-refractivity contribution in [3.63, 3.8) is 0 Å². The molecule has 0 spiro atoms. The normalized spacial score (nSPS) is 23.3. The van der Waals surface area contributed by atoms with Crippen LogP contribution in [-0.2, 0) is 4.79 Å². The van der Waals surface area contributed by atoms with E-state index in [9.17, 15) is 4.79 Å². The van der Waals surface area contributed by atoms with Crippen LogP contribution in [-0.4, -0.2) is 34.9 Å². The van der Waals surface area contributed by atoms with Gasteiger partial charge in [0.15, 0.2) is 0 Å². The monoisotopic (exact) mass is 199 g/mol. The Morgan fingerprint density at radius 1 is 1.69 bits per heavy atom. The Hall–Kier alpha value is -0.440. The zero-order valence-corrected chi connectivity index (χ0v) is 9.14. The van der Waals surface area contributed by atoms with Crippen LogP contribution in [0.15, 0.2) is 12.7 Å². The van der Waals surface area contributed by atoms with Crippen LogP contribution >= 0.6 is 11.8 Å². The molecule has 1 unspecified atom stereocenters. The summed E-state index contributed by atoms with van der Waals surface area (Å²) in [7, 11) is 0. The molecule has 1 heterocycles. The van der Waals surface area contributed by atoms with Crippen LogP contribution in [0.1, 0.15) is 13.8 Å². The summed E-state index contributed by atoms with van der Waals surface area (Å²) in [5, 5.41) is 0.595. The standard InChI is InChI=1S/C10H17NOS/c1-4-10(12)11-5-6-13-9(7-11)8(2)3/h4,8-9H,1,5-7H2,2-3H3. The second-order valence-electron chi connectivity index (χ2n) is 3.64. The van der Waals surface area contributed by atoms with Crippen molar-refractivity contribution in [2.24, 2.45) is 5.92 Å². The van der Waals surface area contributed by atoms with Crippen molar-refractivity contribution in [3.05, 3.63) is 12.7 Å². The van der Waals surface area contributed by atoms with E-state index < -0.39 is 0 Å². The molecule has 3 heteroatoms. The fourth-order valence-corrected chi connectivity index (χ4v) is 2.71. The maximum absolute atomic E-state index is 11.3. The van der Waals surface area contributed by atoms with Gasteiger partial charge in [0, 0.05) is 24.1 Å². The number of amides is 1. The lowest BCUT2D eigenvalue weighted by Crippen LogP contribution is -2.42. The Morgan fingerprint density at radius 2 is 2.38 bits per heavy atom. The topological polar surface area (TPSA) is 20.3 Å². The molecule has 1 atom stereocenters. The molecule has 1 amide bonds. The Morgan fingerprint density at radius 3 is 2.92 bits per heavy atom. The molecule has 0 N–H and O–H groups in total. The highest BCUT2D eigenvalue weighted by Gasteiger charge is 2.24. The average molecular weight is 199 g/mol. The van der Waals surface area contributed by atoms with Gasteiger partial charge < -0.3 is 4.90 Å². The van der Waals surface area contributed by atoms with Crippen molar-refractivity contribution >= 4 is 17.7 Å². The number of hydrogen-bond acceptors (Lipinski definition) is 2. The van der Waals surface area contributed by atoms with Gasteiger partial charge in [-0.25, -0.2) is 0 Å². The number of nitrogens with zero attached hydrogens (tertiary/aromatic N) is 1. The van der Waals surface area contributed by atoms with Crippen molar-refractivity contribution in [1.29, 1.82) is 0 Å². The fourth-order valence-electron chi connectivity index (χ4n) is 1.41. The van der Waals surface area contributed by atoms with Crippen molar-refractivity contribution in [2.45, 2.75) is 19.1 Å². The third-order valence-electron chi connectivity index (χ3n) is 2.32. The van der Waals surface area contributed by atoms with Gasteiger partial charge in [0.2, 0.25) is 5.91 Å². The highest BCUT2D eigenvalue weighted by atomic mass is 32.2. The van der Waals surface area contributed by atoms with E-state index in [1.807, 2.05) is 16.7 Å². The third kappa shape index (κ3) is 2.76. The number of carbonyl (C=O) groups is 1. The first-order valence-electron chi connectivity index (χ1n) is 4.68. The van der Waals surface area contributed by atoms with Crippen LogP contribution < -0.4 is 0 Å². The molecule has 1 aliphatic heterocycles. The molecule has 0 bridgehead atoms. The van der Waals surface area contributed by atoms with Crippen LogP contribution in [0.4, 0.5) is 0 Å². The fraction of sp³-hybridized carbons (Fsp3) is 0.700. The molecule has 0 saturated carbocycles. The summed E-state index contributed by atoms with van der Waals surface area (Å²) in [5.74, 6) is 1.78. The first kappa shape index (κ1) is 10.6. The predicted molar refractivity (Wildman–Crippen MR) is 57.9 cm³/mol. The molecule has 13 heavy (non-hydrogen) atoms. The zero-order chi connectivity index (χ0) is 9.84. The Balaban J connectivity index is 2.51. The van der Waals surface area contributed by atoms with Gasteiger partial charge in [-0.15, -0.1) is 0 Å². The van der Waals surface area contributed by atoms with Crippen LogP contribution in [0.3, 0.4) is 0 Å². The van der Waals surface area contributed by atoms with Crippen LogP contribution in [0.2, 0.25) is 0 Å². The van der Waals surface area contributed by atoms with E-state index in [1.54, 1.807) is 0 Å². The van der Waals surface area contributed by atoms with Crippen molar-refractivity contribution in [1.82, 2.24) is 4.90 Å². The average Bonchev–Trinajstić information content (AvgIpc) is 2.17. The van der Waals surface area contributed by atoms with Gasteiger partial charge >= 0.3 is 0 Å². The molecule has 0 radical (unpaired) electrons. The molecular formula is C10H17NOS. The quantitative estimate of drug-likeness (QED) is 0.632. The third-order valence-corrected chi connectivity index (χ3v) is 3.86. The lowest BCUT2D eigenvalue weighted by Gasteiger charge is -2.33. The van der Waals surface area contributed by atoms with Crippen LogP contribution in [0.5, 0.6) is 0 Å². The molecule has 1 saturated heterocycles. The first-order chi connectivity index (χ1) is 6.15. The van der Waals surface area contributed by atoms with Crippen molar-refractivity contribution < 1.29 is 4.79 Å². The van der Waals surface area contributed by atoms with Gasteiger partial charge in [0.05, 0.1) is 0 Å². The summed E-state index contributed by atoms with van der Waals surface area (Å²) in [6, 6.07) is 0. The van der Waals surface area contributed by atoms with E-state index in [4.69, 9.17) is 0 Å². The minimum Gasteiger partial charge on any atom is -0.337 e. The van der Waals surface area contributed by atoms with E-state index in [0.717, 1.165) is 18.8 Å². The Bertz CT molecular complexity index is 203. The van der Waals surface area contributed by atoms with E-state index in [1.165, 1.54) is 6.08 Å². The molecular weight excluding hydrogens is 182 g/mol. The number of hydrogen-bond donors (Lipinski definition) is 0. The molecule has 74 valence electrons. The first-order valence-corrected chi connectivity index (χ1v) is 5.73. The highest BCUT2D eigenvalue weighted by molar-refractivity contribution is 8.00. The summed E-state index contributed by atoms with van der Waals surface area (Å²) in [6.07, 6.45) is 1.41. The maximum Gasteiger partial charge on any atom is 0.246 e. The summed E-state index contributed by atoms with van der Waals surface area (Å²) in [5.41, 5.74) is 0. The summed E-state index contributed by atoms with van der Waals surface area (Å²) < 4.78 is 0. The number of rotatable bonds is 2. The molecule has 1 rings (SSSR count). The second kappa shape index (κ2) is 4.70. The number of carbonyl (C=O) groups excluding carboxylic acids is 1. The molecule has 0 aromatic heterocycles. The van der Waals surface area contributed by atoms with Crippen molar-refractivity contribution in [3.8, 4) is 0 Å². The van der Waals surface area contributed by atoms with Crippen LogP contribution in [0.25, 0.3) is 0 Å². The molecule has 1 aliphatic rings. The molecule has 2 nitrogen and oxygen atoms in total. The Labute approximate surface area is 84.4 Å². The van der Waals surface area contributed by atoms with Gasteiger partial charge in [0.1, 0.15) is 0 Å². The lowest BCUT2D eigenvalue weighted by molar-refractivity contribution is -0.126. The minimum absolute atomic E-state index is 0.0750. The smallest absolute Gasteiger partial charge is 0.246 e. The Kier molecular flexibility index (Phi) is 3.85. The summed E-state index contributed by atoms with van der Waals surface area (Å²) >= 11 is 1.97. The van der Waals surface area contributed by atoms with Gasteiger partial charge in [0.25, 0.3) is 0 Å². The largest absolute Gasteiger partial charge is 0.337 e. The van der Waals surface area contributed by atoms with Crippen molar-refractivity contribution in [2.75, 3.05) is 18.8 Å². The van der Waals surface area contributed by atoms with E-state index in [2.05, 4.69) is 20.4 Å². The van der Waals surface area contributed by atoms with E-state index >= 15 is 0 Å². The maximum atomic E-state index is 11.3. The lowest BCUT2D eigenvalue weighted by atomic mass is 10.1. The van der Waals surface area contributed by atoms with Gasteiger partial charge in [-0.2, -0.15) is 11.8 Å². The molecule has 1 fully saturated rings. The van der Waals surface area contributed by atoms with Gasteiger partial charge in [-0.3, -0.25) is 4.79 Å². The minimum atomic E-state index is 0.0750. The van der Waals surface area contributed by atoms with Crippen LogP contribution in [0, 0.1) is 5.92 Å². The zero-order valence-electron chi connectivity index (χ0n) is 8.32. The molecule has 0 aliphatic carbocycles. The predicted octanol–water partition coefficient (Wildman–Crippen LogP) is 1.77. The summed E-state index contributed by atoms with van der Waals surface area (Å²) in [4.78, 5) is 13.2. The number of thioether (sulfide) groups is 1. The molecule has 0 aromatic carbocycles. The summed E-state index contributed by atoms with van der Waals surface area (Å²) in [6.45, 7) is 9.68. The van der Waals surface area contributed by atoms with Gasteiger partial charge in [-0.1, -0.05) is 20.4 Å². The van der Waals surface area contributed by atoms with E-state index in [-0.39, 0.29) is 5.91 Å². The molecule has 0 aromatic rings. The second-order valence-corrected chi connectivity index (χ2v) is 4.99. The SMILES string of the molecule is C=CC(=O)N1CCSC(C(C)C)C1. The van der Waals surface area contributed by atoms with E-state index in [0.29, 0.717) is 11.2 Å².